The van der Waals surface area contributed by atoms with E-state index in [4.69, 9.17) is 4.55 Å². The first-order valence-electron chi connectivity index (χ1n) is 8.06. The molecule has 0 bridgehead atoms. The zero-order chi connectivity index (χ0) is 16.1. The number of nitrogens with zero attached hydrogens (tertiary/aromatic N) is 1. The van der Waals surface area contributed by atoms with E-state index in [9.17, 15) is 13.2 Å². The largest absolute Gasteiger partial charge is 1.00 e. The Morgan fingerprint density at radius 1 is 0.913 bits per heavy atom. The number of rotatable bonds is 13. The molecule has 0 aromatic heterocycles. The topological polar surface area (TPSA) is 74.7 Å². The molecule has 1 amide bonds. The molecule has 0 spiro atoms. The van der Waals surface area contributed by atoms with Gasteiger partial charge in [-0.3, -0.25) is 9.35 Å². The van der Waals surface area contributed by atoms with Gasteiger partial charge in [-0.1, -0.05) is 58.3 Å². The van der Waals surface area contributed by atoms with Gasteiger partial charge in [0.25, 0.3) is 10.1 Å². The minimum absolute atomic E-state index is 0. The zero-order valence-electron chi connectivity index (χ0n) is 15.5. The monoisotopic (exact) mass is 367 g/mol. The van der Waals surface area contributed by atoms with Crippen LogP contribution in [0.25, 0.3) is 0 Å². The van der Waals surface area contributed by atoms with Crippen molar-refractivity contribution < 1.29 is 76.9 Å². The van der Waals surface area contributed by atoms with Crippen molar-refractivity contribution in [3.8, 4) is 0 Å². The number of unbranched alkanes of at least 4 members (excludes halogenated alkanes) is 8. The molecule has 0 unspecified atom stereocenters. The zero-order valence-corrected chi connectivity index (χ0v) is 20.3. The molecule has 0 fully saturated rings. The fourth-order valence-corrected chi connectivity index (χ4v) is 2.66. The van der Waals surface area contributed by atoms with Gasteiger partial charge in [0.15, 0.2) is 0 Å². The molecule has 0 rings (SSSR count). The van der Waals surface area contributed by atoms with E-state index in [-0.39, 0.29) is 71.6 Å². The molecule has 0 heterocycles. The van der Waals surface area contributed by atoms with Gasteiger partial charge in [-0.2, -0.15) is 8.42 Å². The van der Waals surface area contributed by atoms with Crippen LogP contribution in [0.5, 0.6) is 0 Å². The summed E-state index contributed by atoms with van der Waals surface area (Å²) in [6.45, 7) is 2.26. The van der Waals surface area contributed by atoms with Crippen LogP contribution in [0.15, 0.2) is 0 Å². The Bertz CT molecular complexity index is 378. The Balaban J connectivity index is -0.00000200. The second kappa shape index (κ2) is 18.2. The van der Waals surface area contributed by atoms with Crippen molar-refractivity contribution >= 4 is 16.0 Å². The third-order valence-corrected chi connectivity index (χ3v) is 4.30. The number of carbonyl (C=O) groups is 1. The quantitative estimate of drug-likeness (QED) is 0.218. The summed E-state index contributed by atoms with van der Waals surface area (Å²) >= 11 is 0. The standard InChI is InChI=1S/C15H31NO4S.2Na/c1-3-4-5-6-7-8-9-10-11-12-15(17)16(2)13-14-21(18,19)20;;/h3-14H2,1-2H3,(H,18,19,20);;/q;2*+1. The summed E-state index contributed by atoms with van der Waals surface area (Å²) in [5.74, 6) is -0.450. The van der Waals surface area contributed by atoms with Gasteiger partial charge in [0.05, 0.1) is 5.75 Å². The van der Waals surface area contributed by atoms with Gasteiger partial charge >= 0.3 is 59.1 Å². The maximum Gasteiger partial charge on any atom is 1.00 e. The molecule has 0 atom stereocenters. The molecule has 0 saturated heterocycles. The van der Waals surface area contributed by atoms with Crippen molar-refractivity contribution in [3.63, 3.8) is 0 Å². The predicted octanol–water partition coefficient (Wildman–Crippen LogP) is -2.74. The molecule has 0 aromatic rings. The van der Waals surface area contributed by atoms with Crippen LogP contribution >= 0.6 is 0 Å². The second-order valence-electron chi connectivity index (χ2n) is 5.68. The van der Waals surface area contributed by atoms with Gasteiger partial charge in [-0.05, 0) is 6.42 Å². The fraction of sp³-hybridized carbons (Fsp3) is 0.933. The van der Waals surface area contributed by atoms with Crippen LogP contribution in [-0.2, 0) is 14.9 Å². The first-order chi connectivity index (χ1) is 9.87. The van der Waals surface area contributed by atoms with Gasteiger partial charge in [0.2, 0.25) is 5.91 Å². The Morgan fingerprint density at radius 3 is 1.78 bits per heavy atom. The van der Waals surface area contributed by atoms with Crippen molar-refractivity contribution in [1.82, 2.24) is 4.90 Å². The molecule has 0 aliphatic heterocycles. The van der Waals surface area contributed by atoms with Gasteiger partial charge in [-0.25, -0.2) is 0 Å². The third-order valence-electron chi connectivity index (χ3n) is 3.60. The summed E-state index contributed by atoms with van der Waals surface area (Å²) in [7, 11) is -2.42. The summed E-state index contributed by atoms with van der Waals surface area (Å²) in [6.07, 6.45) is 11.3. The van der Waals surface area contributed by atoms with Gasteiger partial charge < -0.3 is 4.90 Å². The van der Waals surface area contributed by atoms with Crippen molar-refractivity contribution in [2.24, 2.45) is 0 Å². The number of hydrogen-bond acceptors (Lipinski definition) is 3. The van der Waals surface area contributed by atoms with Crippen LogP contribution in [0.3, 0.4) is 0 Å². The van der Waals surface area contributed by atoms with Crippen LogP contribution in [0.1, 0.15) is 71.1 Å². The Labute approximate surface area is 186 Å². The van der Waals surface area contributed by atoms with Crippen LogP contribution in [0.4, 0.5) is 0 Å². The summed E-state index contributed by atoms with van der Waals surface area (Å²) in [6, 6.07) is 0. The predicted molar refractivity (Wildman–Crippen MR) is 85.9 cm³/mol. The van der Waals surface area contributed by atoms with Crippen molar-refractivity contribution in [3.05, 3.63) is 0 Å². The molecule has 23 heavy (non-hydrogen) atoms. The summed E-state index contributed by atoms with van der Waals surface area (Å²) in [5, 5.41) is 0. The van der Waals surface area contributed by atoms with E-state index >= 15 is 0 Å². The van der Waals surface area contributed by atoms with E-state index in [1.807, 2.05) is 0 Å². The molecule has 0 aromatic carbocycles. The minimum atomic E-state index is -3.99. The molecule has 8 heteroatoms. The second-order valence-corrected chi connectivity index (χ2v) is 7.25. The maximum atomic E-state index is 11.7. The average molecular weight is 367 g/mol. The molecule has 0 aliphatic rings. The average Bonchev–Trinajstić information content (AvgIpc) is 2.41. The number of amides is 1. The Kier molecular flexibility index (Phi) is 23.0. The molecule has 0 aliphatic carbocycles. The SMILES string of the molecule is CCCCCCCCCCCC(=O)N(C)CCS(=O)(=O)O.[Na+].[Na+]. The van der Waals surface area contributed by atoms with Gasteiger partial charge in [-0.15, -0.1) is 0 Å². The van der Waals surface area contributed by atoms with E-state index in [1.54, 1.807) is 7.05 Å². The third kappa shape index (κ3) is 21.3. The smallest absolute Gasteiger partial charge is 0.345 e. The molecule has 0 saturated carbocycles. The van der Waals surface area contributed by atoms with E-state index in [0.717, 1.165) is 19.3 Å². The van der Waals surface area contributed by atoms with Crippen molar-refractivity contribution in [1.29, 1.82) is 0 Å². The molecular weight excluding hydrogens is 336 g/mol. The Hall–Kier alpha value is 1.38. The fourth-order valence-electron chi connectivity index (χ4n) is 2.15. The van der Waals surface area contributed by atoms with Crippen molar-refractivity contribution in [2.45, 2.75) is 71.1 Å². The van der Waals surface area contributed by atoms with Crippen molar-refractivity contribution in [2.75, 3.05) is 19.3 Å². The van der Waals surface area contributed by atoms with Crippen LogP contribution in [-0.4, -0.2) is 43.1 Å². The molecule has 5 nitrogen and oxygen atoms in total. The van der Waals surface area contributed by atoms with Crippen LogP contribution < -0.4 is 59.1 Å². The summed E-state index contributed by atoms with van der Waals surface area (Å²) in [5.41, 5.74) is 0. The van der Waals surface area contributed by atoms with E-state index in [0.29, 0.717) is 6.42 Å². The number of hydrogen-bond donors (Lipinski definition) is 1. The van der Waals surface area contributed by atoms with E-state index < -0.39 is 15.9 Å². The summed E-state index contributed by atoms with van der Waals surface area (Å²) < 4.78 is 29.8. The number of carbonyl (C=O) groups excluding carboxylic acids is 1. The maximum absolute atomic E-state index is 11.7. The molecular formula is C15H31NNa2O4S+2. The minimum Gasteiger partial charge on any atom is -0.345 e. The van der Waals surface area contributed by atoms with E-state index in [2.05, 4.69) is 6.92 Å². The van der Waals surface area contributed by atoms with Crippen LogP contribution in [0, 0.1) is 0 Å². The first-order valence-corrected chi connectivity index (χ1v) is 9.67. The van der Waals surface area contributed by atoms with Gasteiger partial charge in [0, 0.05) is 20.0 Å². The first kappa shape index (κ1) is 29.2. The van der Waals surface area contributed by atoms with E-state index in [1.165, 1.54) is 43.4 Å². The summed E-state index contributed by atoms with van der Waals surface area (Å²) in [4.78, 5) is 13.1. The molecule has 126 valence electrons. The van der Waals surface area contributed by atoms with Gasteiger partial charge in [0.1, 0.15) is 0 Å². The normalized spacial score (nSPS) is 10.6. The Morgan fingerprint density at radius 2 is 1.35 bits per heavy atom. The molecule has 1 N–H and O–H groups in total. The molecule has 0 radical (unpaired) electrons. The van der Waals surface area contributed by atoms with Crippen LogP contribution in [0.2, 0.25) is 0 Å².